The second-order valence-electron chi connectivity index (χ2n) is 8.01. The van der Waals surface area contributed by atoms with Gasteiger partial charge in [-0.25, -0.2) is 4.68 Å². The summed E-state index contributed by atoms with van der Waals surface area (Å²) in [5, 5.41) is 11.8. The zero-order chi connectivity index (χ0) is 23.8. The summed E-state index contributed by atoms with van der Waals surface area (Å²) < 4.78 is 1.73. The molecule has 0 saturated heterocycles. The SMILES string of the molecule is CC1=C(C(=O)Nc2cccnc2)C(c2cccc(C)c2)n2nc(-c3ccc(Cl)c(Cl)c3)nc2N1. The van der Waals surface area contributed by atoms with Gasteiger partial charge in [-0.3, -0.25) is 9.78 Å². The smallest absolute Gasteiger partial charge is 0.255 e. The number of carbonyl (C=O) groups excluding carboxylic acids is 1. The van der Waals surface area contributed by atoms with Crippen molar-refractivity contribution >= 4 is 40.7 Å². The average Bonchev–Trinajstić information content (AvgIpc) is 3.24. The lowest BCUT2D eigenvalue weighted by Gasteiger charge is -2.28. The average molecular weight is 491 g/mol. The van der Waals surface area contributed by atoms with Gasteiger partial charge in [0.25, 0.3) is 5.91 Å². The number of halogens is 2. The molecule has 1 unspecified atom stereocenters. The predicted octanol–water partition coefficient (Wildman–Crippen LogP) is 5.88. The number of anilines is 2. The molecule has 34 heavy (non-hydrogen) atoms. The van der Waals surface area contributed by atoms with Crippen molar-refractivity contribution in [2.75, 3.05) is 10.6 Å². The van der Waals surface area contributed by atoms with Crippen LogP contribution in [0.2, 0.25) is 10.0 Å². The Morgan fingerprint density at radius 2 is 1.91 bits per heavy atom. The highest BCUT2D eigenvalue weighted by molar-refractivity contribution is 6.42. The third-order valence-electron chi connectivity index (χ3n) is 5.55. The molecule has 0 aliphatic carbocycles. The number of carbonyl (C=O) groups is 1. The molecule has 2 aromatic carbocycles. The van der Waals surface area contributed by atoms with Crippen molar-refractivity contribution in [3.05, 3.63) is 99.4 Å². The molecule has 2 N–H and O–H groups in total. The first kappa shape index (κ1) is 22.1. The van der Waals surface area contributed by atoms with Crippen LogP contribution in [0.25, 0.3) is 11.4 Å². The van der Waals surface area contributed by atoms with Crippen LogP contribution in [-0.4, -0.2) is 25.7 Å². The van der Waals surface area contributed by atoms with E-state index in [0.29, 0.717) is 38.8 Å². The van der Waals surface area contributed by atoms with E-state index in [4.69, 9.17) is 28.3 Å². The van der Waals surface area contributed by atoms with Crippen molar-refractivity contribution in [1.82, 2.24) is 19.7 Å². The number of fused-ring (bicyclic) bond motifs is 1. The van der Waals surface area contributed by atoms with E-state index >= 15 is 0 Å². The van der Waals surface area contributed by atoms with Crippen LogP contribution >= 0.6 is 23.2 Å². The lowest BCUT2D eigenvalue weighted by Crippen LogP contribution is -2.31. The molecule has 9 heteroatoms. The van der Waals surface area contributed by atoms with E-state index in [1.54, 1.807) is 41.3 Å². The first-order valence-electron chi connectivity index (χ1n) is 10.6. The molecule has 0 bridgehead atoms. The molecule has 3 heterocycles. The lowest BCUT2D eigenvalue weighted by atomic mass is 9.94. The maximum atomic E-state index is 13.5. The highest BCUT2D eigenvalue weighted by Crippen LogP contribution is 2.37. The number of nitrogens with one attached hydrogen (secondary N) is 2. The summed E-state index contributed by atoms with van der Waals surface area (Å²) in [4.78, 5) is 22.2. The first-order chi connectivity index (χ1) is 16.4. The maximum Gasteiger partial charge on any atom is 0.255 e. The number of hydrogen-bond donors (Lipinski definition) is 2. The Morgan fingerprint density at radius 1 is 1.06 bits per heavy atom. The predicted molar refractivity (Wildman–Crippen MR) is 134 cm³/mol. The third kappa shape index (κ3) is 4.16. The van der Waals surface area contributed by atoms with Crippen molar-refractivity contribution in [3.63, 3.8) is 0 Å². The molecule has 1 aliphatic rings. The number of amides is 1. The minimum absolute atomic E-state index is 0.248. The number of aryl methyl sites for hydroxylation is 1. The van der Waals surface area contributed by atoms with E-state index in [2.05, 4.69) is 20.6 Å². The Balaban J connectivity index is 1.61. The summed E-state index contributed by atoms with van der Waals surface area (Å²) in [5.41, 5.74) is 4.55. The van der Waals surface area contributed by atoms with Crippen molar-refractivity contribution in [2.45, 2.75) is 19.9 Å². The molecule has 170 valence electrons. The van der Waals surface area contributed by atoms with Crippen molar-refractivity contribution in [1.29, 1.82) is 0 Å². The van der Waals surface area contributed by atoms with Crippen LogP contribution in [0.15, 0.2) is 78.3 Å². The van der Waals surface area contributed by atoms with E-state index in [9.17, 15) is 4.79 Å². The molecule has 7 nitrogen and oxygen atoms in total. The number of benzene rings is 2. The van der Waals surface area contributed by atoms with Crippen LogP contribution in [-0.2, 0) is 4.79 Å². The summed E-state index contributed by atoms with van der Waals surface area (Å²) in [6.45, 7) is 3.87. The van der Waals surface area contributed by atoms with E-state index in [1.165, 1.54) is 0 Å². The monoisotopic (exact) mass is 490 g/mol. The Bertz CT molecular complexity index is 1430. The van der Waals surface area contributed by atoms with Gasteiger partial charge in [0.1, 0.15) is 6.04 Å². The molecule has 2 aromatic heterocycles. The third-order valence-corrected chi connectivity index (χ3v) is 6.29. The topological polar surface area (TPSA) is 84.7 Å². The van der Waals surface area contributed by atoms with Crippen LogP contribution in [0, 0.1) is 6.92 Å². The fraction of sp³-hybridized carbons (Fsp3) is 0.120. The molecule has 0 spiro atoms. The molecule has 5 rings (SSSR count). The van der Waals surface area contributed by atoms with Gasteiger partial charge in [0.05, 0.1) is 27.5 Å². The number of nitrogens with zero attached hydrogens (tertiary/aromatic N) is 4. The Morgan fingerprint density at radius 3 is 2.65 bits per heavy atom. The van der Waals surface area contributed by atoms with Crippen LogP contribution < -0.4 is 10.6 Å². The van der Waals surface area contributed by atoms with Crippen molar-refractivity contribution in [2.24, 2.45) is 0 Å². The van der Waals surface area contributed by atoms with Crippen LogP contribution in [0.4, 0.5) is 11.6 Å². The molecular weight excluding hydrogens is 471 g/mol. The molecule has 1 aliphatic heterocycles. The van der Waals surface area contributed by atoms with E-state index in [1.807, 2.05) is 44.2 Å². The van der Waals surface area contributed by atoms with Gasteiger partial charge < -0.3 is 10.6 Å². The van der Waals surface area contributed by atoms with Crippen molar-refractivity contribution in [3.8, 4) is 11.4 Å². The quantitative estimate of drug-likeness (QED) is 0.372. The van der Waals surface area contributed by atoms with Gasteiger partial charge in [-0.2, -0.15) is 4.98 Å². The normalized spacial score (nSPS) is 15.0. The lowest BCUT2D eigenvalue weighted by molar-refractivity contribution is -0.113. The fourth-order valence-corrected chi connectivity index (χ4v) is 4.28. The summed E-state index contributed by atoms with van der Waals surface area (Å²) in [5.74, 6) is 0.755. The minimum Gasteiger partial charge on any atom is -0.328 e. The van der Waals surface area contributed by atoms with E-state index in [0.717, 1.165) is 16.7 Å². The second-order valence-corrected chi connectivity index (χ2v) is 8.82. The standard InChI is InChI=1S/C25H20Cl2N6O/c1-14-5-3-6-16(11-14)22-21(24(34)30-18-7-4-10-28-13-18)15(2)29-25-31-23(32-33(22)25)17-8-9-19(26)20(27)12-17/h3-13,22H,1-2H3,(H,30,34)(H,29,31,32). The fourth-order valence-electron chi connectivity index (χ4n) is 3.99. The van der Waals surface area contributed by atoms with Gasteiger partial charge in [0.15, 0.2) is 5.82 Å². The van der Waals surface area contributed by atoms with Gasteiger partial charge in [-0.05, 0) is 49.7 Å². The highest BCUT2D eigenvalue weighted by Gasteiger charge is 2.34. The van der Waals surface area contributed by atoms with E-state index < -0.39 is 6.04 Å². The zero-order valence-electron chi connectivity index (χ0n) is 18.4. The van der Waals surface area contributed by atoms with Gasteiger partial charge in [-0.1, -0.05) is 53.0 Å². The maximum absolute atomic E-state index is 13.5. The summed E-state index contributed by atoms with van der Waals surface area (Å²) in [7, 11) is 0. The molecule has 0 saturated carbocycles. The van der Waals surface area contributed by atoms with Crippen LogP contribution in [0.5, 0.6) is 0 Å². The number of rotatable bonds is 4. The minimum atomic E-state index is -0.489. The van der Waals surface area contributed by atoms with Crippen molar-refractivity contribution < 1.29 is 4.79 Å². The molecule has 1 atom stereocenters. The Kier molecular flexibility index (Phi) is 5.81. The largest absolute Gasteiger partial charge is 0.328 e. The summed E-state index contributed by atoms with van der Waals surface area (Å²) in [6.07, 6.45) is 3.26. The molecule has 0 radical (unpaired) electrons. The van der Waals surface area contributed by atoms with E-state index in [-0.39, 0.29) is 5.91 Å². The summed E-state index contributed by atoms with van der Waals surface area (Å²) in [6, 6.07) is 16.3. The first-order valence-corrected chi connectivity index (χ1v) is 11.3. The molecule has 4 aromatic rings. The highest BCUT2D eigenvalue weighted by atomic mass is 35.5. The van der Waals surface area contributed by atoms with Crippen LogP contribution in [0.3, 0.4) is 0 Å². The molecular formula is C25H20Cl2N6O. The zero-order valence-corrected chi connectivity index (χ0v) is 19.9. The van der Waals surface area contributed by atoms with Gasteiger partial charge in [-0.15, -0.1) is 5.10 Å². The van der Waals surface area contributed by atoms with Gasteiger partial charge >= 0.3 is 0 Å². The van der Waals surface area contributed by atoms with Gasteiger partial charge in [0.2, 0.25) is 5.95 Å². The number of hydrogen-bond acceptors (Lipinski definition) is 5. The number of aromatic nitrogens is 4. The Hall–Kier alpha value is -3.68. The number of allylic oxidation sites excluding steroid dienone is 1. The van der Waals surface area contributed by atoms with Crippen LogP contribution in [0.1, 0.15) is 24.1 Å². The molecule has 1 amide bonds. The van der Waals surface area contributed by atoms with Gasteiger partial charge in [0, 0.05) is 17.5 Å². The number of pyridine rings is 1. The Labute approximate surface area is 206 Å². The molecule has 0 fully saturated rings. The second kappa shape index (κ2) is 8.93. The summed E-state index contributed by atoms with van der Waals surface area (Å²) >= 11 is 12.3.